The molecule has 0 spiro atoms. The number of rotatable bonds is 4. The van der Waals surface area contributed by atoms with Gasteiger partial charge in [0.05, 0.1) is 5.69 Å². The highest BCUT2D eigenvalue weighted by Crippen LogP contribution is 2.23. The van der Waals surface area contributed by atoms with Crippen molar-refractivity contribution in [3.63, 3.8) is 0 Å². The Morgan fingerprint density at radius 2 is 2.10 bits per heavy atom. The average molecular weight is 313 g/mol. The van der Waals surface area contributed by atoms with Crippen molar-refractivity contribution in [3.8, 4) is 0 Å². The first kappa shape index (κ1) is 15.7. The zero-order chi connectivity index (χ0) is 15.5. The molecule has 0 radical (unpaired) electrons. The monoisotopic (exact) mass is 313 g/mol. The minimum atomic E-state index is -1.26. The molecule has 7 nitrogen and oxygen atoms in total. The summed E-state index contributed by atoms with van der Waals surface area (Å²) < 4.78 is 5.16. The number of ether oxygens (including phenoxy) is 1. The maximum atomic E-state index is 12.0. The molecule has 1 aromatic rings. The van der Waals surface area contributed by atoms with Gasteiger partial charge in [-0.25, -0.2) is 14.6 Å². The number of amides is 2. The summed E-state index contributed by atoms with van der Waals surface area (Å²) in [4.78, 5) is 27.7. The Labute approximate surface area is 126 Å². The third-order valence-corrected chi connectivity index (χ3v) is 4.22. The number of carbonyl (C=O) groups is 2. The highest BCUT2D eigenvalue weighted by molar-refractivity contribution is 7.13. The molecule has 0 atom stereocenters. The number of aliphatic carboxylic acids is 1. The Kier molecular flexibility index (Phi) is 4.79. The van der Waals surface area contributed by atoms with E-state index in [1.165, 1.54) is 11.3 Å². The number of thiazole rings is 1. The van der Waals surface area contributed by atoms with E-state index < -0.39 is 17.5 Å². The van der Waals surface area contributed by atoms with Gasteiger partial charge in [0.2, 0.25) is 0 Å². The van der Waals surface area contributed by atoms with Gasteiger partial charge in [-0.15, -0.1) is 11.3 Å². The molecule has 1 fully saturated rings. The van der Waals surface area contributed by atoms with Crippen molar-refractivity contribution in [3.05, 3.63) is 11.1 Å². The normalized spacial score (nSPS) is 17.5. The maximum Gasteiger partial charge on any atom is 0.329 e. The van der Waals surface area contributed by atoms with Crippen LogP contribution in [0.2, 0.25) is 0 Å². The molecule has 0 bridgehead atoms. The second-order valence-corrected chi connectivity index (χ2v) is 6.17. The molecule has 8 heteroatoms. The van der Waals surface area contributed by atoms with E-state index in [4.69, 9.17) is 4.74 Å². The fraction of sp³-hybridized carbons (Fsp3) is 0.615. The number of carbonyl (C=O) groups excluding carboxylic acids is 1. The number of hydrogen-bond donors (Lipinski definition) is 3. The van der Waals surface area contributed by atoms with E-state index in [1.54, 1.807) is 0 Å². The molecule has 116 valence electrons. The average Bonchev–Trinajstić information content (AvgIpc) is 2.88. The quantitative estimate of drug-likeness (QED) is 0.789. The standard InChI is InChI=1S/C13H19N3O4S/c1-8(2)9-7-21-12(14-9)15-11(19)16-13(10(17)18)3-5-20-6-4-13/h7-8H,3-6H2,1-2H3,(H,17,18)(H2,14,15,16,19). The lowest BCUT2D eigenvalue weighted by molar-refractivity contribution is -0.148. The van der Waals surface area contributed by atoms with Gasteiger partial charge in [-0.05, 0) is 5.92 Å². The van der Waals surface area contributed by atoms with Crippen LogP contribution in [0, 0.1) is 0 Å². The van der Waals surface area contributed by atoms with Gasteiger partial charge in [0.15, 0.2) is 5.13 Å². The maximum absolute atomic E-state index is 12.0. The van der Waals surface area contributed by atoms with E-state index in [0.717, 1.165) is 5.69 Å². The molecular formula is C13H19N3O4S. The van der Waals surface area contributed by atoms with Crippen molar-refractivity contribution >= 4 is 28.5 Å². The molecule has 0 unspecified atom stereocenters. The molecule has 2 amide bonds. The van der Waals surface area contributed by atoms with Crippen molar-refractivity contribution in [1.82, 2.24) is 10.3 Å². The van der Waals surface area contributed by atoms with Crippen LogP contribution in [0.5, 0.6) is 0 Å². The van der Waals surface area contributed by atoms with Crippen LogP contribution in [0.4, 0.5) is 9.93 Å². The van der Waals surface area contributed by atoms with Crippen LogP contribution in [-0.2, 0) is 9.53 Å². The van der Waals surface area contributed by atoms with E-state index in [1.807, 2.05) is 19.2 Å². The van der Waals surface area contributed by atoms with E-state index in [0.29, 0.717) is 18.3 Å². The molecule has 3 N–H and O–H groups in total. The molecule has 2 heterocycles. The van der Waals surface area contributed by atoms with E-state index >= 15 is 0 Å². The summed E-state index contributed by atoms with van der Waals surface area (Å²) in [5.74, 6) is -0.760. The fourth-order valence-corrected chi connectivity index (χ4v) is 2.93. The van der Waals surface area contributed by atoms with Gasteiger partial charge in [-0.2, -0.15) is 0 Å². The van der Waals surface area contributed by atoms with Crippen LogP contribution in [0.15, 0.2) is 5.38 Å². The summed E-state index contributed by atoms with van der Waals surface area (Å²) in [5.41, 5.74) is -0.366. The van der Waals surface area contributed by atoms with Gasteiger partial charge in [-0.1, -0.05) is 13.8 Å². The SMILES string of the molecule is CC(C)c1csc(NC(=O)NC2(C(=O)O)CCOCC2)n1. The second kappa shape index (κ2) is 6.40. The molecule has 21 heavy (non-hydrogen) atoms. The van der Waals surface area contributed by atoms with Crippen molar-refractivity contribution in [2.45, 2.75) is 38.1 Å². The Morgan fingerprint density at radius 1 is 1.43 bits per heavy atom. The Morgan fingerprint density at radius 3 is 2.62 bits per heavy atom. The topological polar surface area (TPSA) is 101 Å². The zero-order valence-electron chi connectivity index (χ0n) is 12.0. The Balaban J connectivity index is 2.00. The van der Waals surface area contributed by atoms with Crippen LogP contribution >= 0.6 is 11.3 Å². The number of carboxylic acid groups (broad SMARTS) is 1. The van der Waals surface area contributed by atoms with Crippen molar-refractivity contribution in [2.24, 2.45) is 0 Å². The van der Waals surface area contributed by atoms with Crippen LogP contribution in [0.3, 0.4) is 0 Å². The number of aromatic nitrogens is 1. The predicted molar refractivity (Wildman–Crippen MR) is 78.8 cm³/mol. The third-order valence-electron chi connectivity index (χ3n) is 3.44. The number of carboxylic acids is 1. The summed E-state index contributed by atoms with van der Waals surface area (Å²) in [6, 6.07) is -0.552. The fourth-order valence-electron chi connectivity index (χ4n) is 2.07. The van der Waals surface area contributed by atoms with Crippen LogP contribution < -0.4 is 10.6 Å². The van der Waals surface area contributed by atoms with Gasteiger partial charge in [0.25, 0.3) is 0 Å². The minimum absolute atomic E-state index is 0.255. The molecule has 1 saturated heterocycles. The number of nitrogens with zero attached hydrogens (tertiary/aromatic N) is 1. The largest absolute Gasteiger partial charge is 0.480 e. The van der Waals surface area contributed by atoms with Crippen LogP contribution in [0.25, 0.3) is 0 Å². The van der Waals surface area contributed by atoms with E-state index in [9.17, 15) is 14.7 Å². The zero-order valence-corrected chi connectivity index (χ0v) is 12.8. The van der Waals surface area contributed by atoms with Crippen molar-refractivity contribution in [1.29, 1.82) is 0 Å². The van der Waals surface area contributed by atoms with Crippen LogP contribution in [-0.4, -0.2) is 40.8 Å². The highest BCUT2D eigenvalue weighted by atomic mass is 32.1. The highest BCUT2D eigenvalue weighted by Gasteiger charge is 2.41. The lowest BCUT2D eigenvalue weighted by atomic mass is 9.90. The first-order chi connectivity index (χ1) is 9.93. The smallest absolute Gasteiger partial charge is 0.329 e. The molecule has 0 aromatic carbocycles. The van der Waals surface area contributed by atoms with Gasteiger partial charge < -0.3 is 15.2 Å². The minimum Gasteiger partial charge on any atom is -0.480 e. The molecular weight excluding hydrogens is 294 g/mol. The lowest BCUT2D eigenvalue weighted by Gasteiger charge is -2.33. The van der Waals surface area contributed by atoms with Gasteiger partial charge >= 0.3 is 12.0 Å². The first-order valence-corrected chi connectivity index (χ1v) is 7.67. The number of anilines is 1. The first-order valence-electron chi connectivity index (χ1n) is 6.79. The molecule has 2 rings (SSSR count). The summed E-state index contributed by atoms with van der Waals surface area (Å²) >= 11 is 1.32. The van der Waals surface area contributed by atoms with Crippen LogP contribution in [0.1, 0.15) is 38.3 Å². The lowest BCUT2D eigenvalue weighted by Crippen LogP contribution is -2.58. The molecule has 1 aliphatic heterocycles. The molecule has 1 aromatic heterocycles. The second-order valence-electron chi connectivity index (χ2n) is 5.31. The van der Waals surface area contributed by atoms with Crippen molar-refractivity contribution in [2.75, 3.05) is 18.5 Å². The summed E-state index contributed by atoms with van der Waals surface area (Å²) in [5, 5.41) is 16.9. The number of hydrogen-bond acceptors (Lipinski definition) is 5. The van der Waals surface area contributed by atoms with Gasteiger partial charge in [0.1, 0.15) is 5.54 Å². The van der Waals surface area contributed by atoms with E-state index in [-0.39, 0.29) is 18.8 Å². The summed E-state index contributed by atoms with van der Waals surface area (Å²) in [6.45, 7) is 4.67. The molecule has 0 aliphatic carbocycles. The Bertz CT molecular complexity index is 523. The summed E-state index contributed by atoms with van der Waals surface area (Å²) in [6.07, 6.45) is 0.510. The molecule has 0 saturated carbocycles. The van der Waals surface area contributed by atoms with Gasteiger partial charge in [0, 0.05) is 31.4 Å². The van der Waals surface area contributed by atoms with Gasteiger partial charge in [-0.3, -0.25) is 5.32 Å². The third kappa shape index (κ3) is 3.70. The number of urea groups is 1. The van der Waals surface area contributed by atoms with Crippen molar-refractivity contribution < 1.29 is 19.4 Å². The summed E-state index contributed by atoms with van der Waals surface area (Å²) in [7, 11) is 0. The Hall–Kier alpha value is -1.67. The predicted octanol–water partition coefficient (Wildman–Crippen LogP) is 2.02. The molecule has 1 aliphatic rings. The number of nitrogens with one attached hydrogen (secondary N) is 2. The van der Waals surface area contributed by atoms with E-state index in [2.05, 4.69) is 15.6 Å².